The highest BCUT2D eigenvalue weighted by molar-refractivity contribution is 5.77. The van der Waals surface area contributed by atoms with Crippen LogP contribution in [0.15, 0.2) is 48.5 Å². The Kier molecular flexibility index (Phi) is 7.47. The summed E-state index contributed by atoms with van der Waals surface area (Å²) in [4.78, 5) is 16.3. The summed E-state index contributed by atoms with van der Waals surface area (Å²) in [6, 6.07) is 15.7. The number of methoxy groups -OCH3 is 2. The predicted octanol–water partition coefficient (Wildman–Crippen LogP) is 2.82. The van der Waals surface area contributed by atoms with Gasteiger partial charge < -0.3 is 24.1 Å². The molecule has 1 aromatic heterocycles. The molecule has 1 N–H and O–H groups in total. The number of aromatic nitrogens is 2. The van der Waals surface area contributed by atoms with Crippen molar-refractivity contribution in [3.05, 3.63) is 54.4 Å². The van der Waals surface area contributed by atoms with Crippen LogP contribution in [0, 0.1) is 0 Å². The zero-order chi connectivity index (χ0) is 20.5. The first-order valence-corrected chi connectivity index (χ1v) is 9.68. The number of nitrogens with one attached hydrogen (secondary N) is 1. The van der Waals surface area contributed by atoms with Crippen molar-refractivity contribution in [1.29, 1.82) is 0 Å². The van der Waals surface area contributed by atoms with Crippen molar-refractivity contribution in [2.45, 2.75) is 19.4 Å². The molecule has 7 heteroatoms. The van der Waals surface area contributed by atoms with E-state index < -0.39 is 0 Å². The molecule has 0 saturated carbocycles. The molecule has 1 amide bonds. The predicted molar refractivity (Wildman–Crippen MR) is 111 cm³/mol. The maximum atomic E-state index is 11.6. The number of hydrogen-bond donors (Lipinski definition) is 1. The van der Waals surface area contributed by atoms with Gasteiger partial charge in [-0.15, -0.1) is 0 Å². The molecule has 7 nitrogen and oxygen atoms in total. The van der Waals surface area contributed by atoms with Gasteiger partial charge in [0.25, 0.3) is 0 Å². The lowest BCUT2D eigenvalue weighted by Gasteiger charge is -2.11. The number of imidazole rings is 1. The lowest BCUT2D eigenvalue weighted by Crippen LogP contribution is -2.29. The van der Waals surface area contributed by atoms with E-state index in [-0.39, 0.29) is 12.5 Å². The van der Waals surface area contributed by atoms with Crippen molar-refractivity contribution in [3.63, 3.8) is 0 Å². The van der Waals surface area contributed by atoms with Crippen LogP contribution in [0.5, 0.6) is 11.5 Å². The van der Waals surface area contributed by atoms with E-state index in [9.17, 15) is 4.79 Å². The molecule has 29 heavy (non-hydrogen) atoms. The molecule has 0 aliphatic rings. The minimum Gasteiger partial charge on any atom is -0.497 e. The Bertz CT molecular complexity index is 939. The van der Waals surface area contributed by atoms with Crippen molar-refractivity contribution in [1.82, 2.24) is 14.9 Å². The molecule has 0 spiro atoms. The average molecular weight is 397 g/mol. The van der Waals surface area contributed by atoms with Crippen molar-refractivity contribution >= 4 is 16.9 Å². The summed E-state index contributed by atoms with van der Waals surface area (Å²) in [5.74, 6) is 2.40. The minimum atomic E-state index is -0.123. The lowest BCUT2D eigenvalue weighted by molar-refractivity contribution is -0.124. The summed E-state index contributed by atoms with van der Waals surface area (Å²) < 4.78 is 18.1. The molecular formula is C22H27N3O4. The van der Waals surface area contributed by atoms with Crippen LogP contribution in [-0.4, -0.2) is 49.4 Å². The SMILES string of the molecule is COCC(=O)NCCc1nc2ccccc2n1CCCOc1cccc(OC)c1. The molecular weight excluding hydrogens is 370 g/mol. The number of carbonyl (C=O) groups excluding carboxylic acids is 1. The van der Waals surface area contributed by atoms with E-state index in [1.54, 1.807) is 7.11 Å². The third kappa shape index (κ3) is 5.71. The summed E-state index contributed by atoms with van der Waals surface area (Å²) in [7, 11) is 3.15. The number of hydrogen-bond acceptors (Lipinski definition) is 5. The van der Waals surface area contributed by atoms with Gasteiger partial charge in [-0.3, -0.25) is 4.79 Å². The van der Waals surface area contributed by atoms with E-state index in [0.29, 0.717) is 19.6 Å². The minimum absolute atomic E-state index is 0.0675. The summed E-state index contributed by atoms with van der Waals surface area (Å²) in [6.07, 6.45) is 1.49. The lowest BCUT2D eigenvalue weighted by atomic mass is 10.3. The second kappa shape index (κ2) is 10.5. The number of amides is 1. The van der Waals surface area contributed by atoms with Gasteiger partial charge in [-0.2, -0.15) is 0 Å². The molecule has 0 unspecified atom stereocenters. The molecule has 3 aromatic rings. The van der Waals surface area contributed by atoms with Crippen molar-refractivity contribution in [2.75, 3.05) is 34.0 Å². The molecule has 3 rings (SSSR count). The number of fused-ring (bicyclic) bond motifs is 1. The Balaban J connectivity index is 1.60. The quantitative estimate of drug-likeness (QED) is 0.504. The molecule has 0 aliphatic carbocycles. The van der Waals surface area contributed by atoms with Gasteiger partial charge in [0, 0.05) is 32.7 Å². The molecule has 0 saturated heterocycles. The van der Waals surface area contributed by atoms with Crippen LogP contribution in [0.4, 0.5) is 0 Å². The monoisotopic (exact) mass is 397 g/mol. The first-order chi connectivity index (χ1) is 14.2. The fourth-order valence-electron chi connectivity index (χ4n) is 3.17. The third-order valence-electron chi connectivity index (χ3n) is 4.52. The number of ether oxygens (including phenoxy) is 3. The topological polar surface area (TPSA) is 74.6 Å². The van der Waals surface area contributed by atoms with E-state index >= 15 is 0 Å². The summed E-state index contributed by atoms with van der Waals surface area (Å²) in [5.41, 5.74) is 2.05. The fraction of sp³-hybridized carbons (Fsp3) is 0.364. The van der Waals surface area contributed by atoms with Gasteiger partial charge in [-0.05, 0) is 30.7 Å². The largest absolute Gasteiger partial charge is 0.497 e. The highest BCUT2D eigenvalue weighted by atomic mass is 16.5. The first kappa shape index (κ1) is 20.7. The number of rotatable bonds is 11. The van der Waals surface area contributed by atoms with Gasteiger partial charge in [0.05, 0.1) is 24.8 Å². The molecule has 1 heterocycles. The van der Waals surface area contributed by atoms with E-state index in [1.807, 2.05) is 42.5 Å². The second-order valence-corrected chi connectivity index (χ2v) is 6.58. The number of para-hydroxylation sites is 2. The summed E-state index contributed by atoms with van der Waals surface area (Å²) in [6.45, 7) is 1.96. The normalized spacial score (nSPS) is 10.8. The van der Waals surface area contributed by atoms with Gasteiger partial charge in [-0.25, -0.2) is 4.98 Å². The molecule has 2 aromatic carbocycles. The smallest absolute Gasteiger partial charge is 0.245 e. The van der Waals surface area contributed by atoms with Gasteiger partial charge in [0.1, 0.15) is 23.9 Å². The second-order valence-electron chi connectivity index (χ2n) is 6.58. The Morgan fingerprint density at radius 1 is 1.10 bits per heavy atom. The number of benzene rings is 2. The van der Waals surface area contributed by atoms with Crippen LogP contribution < -0.4 is 14.8 Å². The summed E-state index contributed by atoms with van der Waals surface area (Å²) >= 11 is 0. The molecule has 154 valence electrons. The number of nitrogens with zero attached hydrogens (tertiary/aromatic N) is 2. The van der Waals surface area contributed by atoms with Crippen LogP contribution in [0.3, 0.4) is 0 Å². The summed E-state index contributed by atoms with van der Waals surface area (Å²) in [5, 5.41) is 2.85. The zero-order valence-corrected chi connectivity index (χ0v) is 16.9. The number of aryl methyl sites for hydroxylation is 1. The number of carbonyl (C=O) groups is 1. The van der Waals surface area contributed by atoms with Crippen LogP contribution in [0.25, 0.3) is 11.0 Å². The maximum absolute atomic E-state index is 11.6. The molecule has 0 atom stereocenters. The van der Waals surface area contributed by atoms with E-state index in [2.05, 4.69) is 16.0 Å². The molecule has 0 bridgehead atoms. The van der Waals surface area contributed by atoms with E-state index in [4.69, 9.17) is 19.2 Å². The van der Waals surface area contributed by atoms with Crippen molar-refractivity contribution in [3.8, 4) is 11.5 Å². The van der Waals surface area contributed by atoms with Gasteiger partial charge in [0.2, 0.25) is 5.91 Å². The highest BCUT2D eigenvalue weighted by Crippen LogP contribution is 2.20. The molecule has 0 radical (unpaired) electrons. The standard InChI is InChI=1S/C22H27N3O4/c1-27-16-22(26)23-12-11-21-24-19-9-3-4-10-20(19)25(21)13-6-14-29-18-8-5-7-17(15-18)28-2/h3-5,7-10,15H,6,11-14,16H2,1-2H3,(H,23,26). The van der Waals surface area contributed by atoms with Crippen molar-refractivity contribution in [2.24, 2.45) is 0 Å². The van der Waals surface area contributed by atoms with Gasteiger partial charge in [-0.1, -0.05) is 18.2 Å². The van der Waals surface area contributed by atoms with Gasteiger partial charge in [0.15, 0.2) is 0 Å². The van der Waals surface area contributed by atoms with Gasteiger partial charge >= 0.3 is 0 Å². The van der Waals surface area contributed by atoms with Crippen LogP contribution in [0.2, 0.25) is 0 Å². The van der Waals surface area contributed by atoms with E-state index in [0.717, 1.165) is 41.3 Å². The first-order valence-electron chi connectivity index (χ1n) is 9.68. The Hall–Kier alpha value is -3.06. The van der Waals surface area contributed by atoms with E-state index in [1.165, 1.54) is 7.11 Å². The Morgan fingerprint density at radius 2 is 1.93 bits per heavy atom. The highest BCUT2D eigenvalue weighted by Gasteiger charge is 2.11. The maximum Gasteiger partial charge on any atom is 0.245 e. The molecule has 0 fully saturated rings. The Morgan fingerprint density at radius 3 is 2.76 bits per heavy atom. The van der Waals surface area contributed by atoms with Crippen molar-refractivity contribution < 1.29 is 19.0 Å². The van der Waals surface area contributed by atoms with Crippen LogP contribution >= 0.6 is 0 Å². The molecule has 0 aliphatic heterocycles. The average Bonchev–Trinajstić information content (AvgIpc) is 3.09. The Labute approximate surface area is 170 Å². The van der Waals surface area contributed by atoms with Crippen LogP contribution in [0.1, 0.15) is 12.2 Å². The van der Waals surface area contributed by atoms with Crippen LogP contribution in [-0.2, 0) is 22.5 Å². The zero-order valence-electron chi connectivity index (χ0n) is 16.9. The third-order valence-corrected chi connectivity index (χ3v) is 4.52. The fourth-order valence-corrected chi connectivity index (χ4v) is 3.17.